The van der Waals surface area contributed by atoms with Crippen molar-refractivity contribution in [1.29, 1.82) is 0 Å². The first-order valence-electron chi connectivity index (χ1n) is 7.59. The molecule has 0 aliphatic heterocycles. The lowest BCUT2D eigenvalue weighted by atomic mass is 10.1. The fraction of sp³-hybridized carbons (Fsp3) is 0.929. The Balaban J connectivity index is 3.27. The van der Waals surface area contributed by atoms with Crippen molar-refractivity contribution in [1.82, 2.24) is 16.0 Å². The normalized spacial score (nSPS) is 12.3. The number of rotatable bonds is 15. The van der Waals surface area contributed by atoms with Crippen molar-refractivity contribution < 1.29 is 14.3 Å². The number of nitrogens with one attached hydrogen (secondary N) is 3. The van der Waals surface area contributed by atoms with E-state index in [4.69, 9.17) is 9.47 Å². The lowest BCUT2D eigenvalue weighted by molar-refractivity contribution is -0.126. The molecule has 0 heterocycles. The smallest absolute Gasteiger partial charge is 0.245 e. The first-order chi connectivity index (χ1) is 10.2. The second-order valence-electron chi connectivity index (χ2n) is 4.78. The summed E-state index contributed by atoms with van der Waals surface area (Å²) in [6, 6.07) is 0.454. The molecule has 0 saturated heterocycles. The highest BCUT2D eigenvalue weighted by molar-refractivity contribution is 7.80. The Morgan fingerprint density at radius 2 is 1.86 bits per heavy atom. The van der Waals surface area contributed by atoms with Crippen molar-refractivity contribution in [2.75, 3.05) is 59.4 Å². The van der Waals surface area contributed by atoms with Crippen LogP contribution in [0.3, 0.4) is 0 Å². The average Bonchev–Trinajstić information content (AvgIpc) is 2.50. The Morgan fingerprint density at radius 3 is 2.52 bits per heavy atom. The maximum atomic E-state index is 11.5. The molecule has 0 aromatic carbocycles. The van der Waals surface area contributed by atoms with E-state index in [-0.39, 0.29) is 12.5 Å². The van der Waals surface area contributed by atoms with Crippen LogP contribution in [0.5, 0.6) is 0 Å². The predicted molar refractivity (Wildman–Crippen MR) is 89.1 cm³/mol. The number of hydrogen-bond donors (Lipinski definition) is 4. The minimum atomic E-state index is -0.0652. The molecule has 1 amide bonds. The van der Waals surface area contributed by atoms with Crippen LogP contribution in [-0.2, 0) is 14.3 Å². The Kier molecular flexibility index (Phi) is 15.8. The summed E-state index contributed by atoms with van der Waals surface area (Å²) in [5.41, 5.74) is 0. The van der Waals surface area contributed by atoms with Gasteiger partial charge < -0.3 is 25.4 Å². The molecule has 0 aromatic heterocycles. The summed E-state index contributed by atoms with van der Waals surface area (Å²) < 4.78 is 10.5. The highest BCUT2D eigenvalue weighted by Crippen LogP contribution is 2.01. The molecule has 0 radical (unpaired) electrons. The molecular formula is C14H31N3O3S. The van der Waals surface area contributed by atoms with Crippen molar-refractivity contribution in [2.24, 2.45) is 0 Å². The van der Waals surface area contributed by atoms with Gasteiger partial charge in [-0.05, 0) is 26.9 Å². The minimum Gasteiger partial charge on any atom is -0.378 e. The zero-order chi connectivity index (χ0) is 15.8. The number of thiol groups is 1. The van der Waals surface area contributed by atoms with Crippen LogP contribution in [-0.4, -0.2) is 71.3 Å². The van der Waals surface area contributed by atoms with Crippen LogP contribution in [0, 0.1) is 0 Å². The van der Waals surface area contributed by atoms with E-state index >= 15 is 0 Å². The fourth-order valence-corrected chi connectivity index (χ4v) is 2.05. The van der Waals surface area contributed by atoms with E-state index in [0.29, 0.717) is 32.4 Å². The van der Waals surface area contributed by atoms with E-state index in [1.54, 1.807) is 0 Å². The Bertz CT molecular complexity index is 242. The molecule has 1 unspecified atom stereocenters. The van der Waals surface area contributed by atoms with Crippen molar-refractivity contribution in [2.45, 2.75) is 25.3 Å². The summed E-state index contributed by atoms with van der Waals surface area (Å²) in [6.07, 6.45) is 3.13. The summed E-state index contributed by atoms with van der Waals surface area (Å²) in [7, 11) is 3.82. The van der Waals surface area contributed by atoms with Gasteiger partial charge in [-0.3, -0.25) is 4.79 Å². The van der Waals surface area contributed by atoms with Gasteiger partial charge in [0, 0.05) is 24.9 Å². The molecule has 1 atom stereocenters. The van der Waals surface area contributed by atoms with Gasteiger partial charge in [-0.2, -0.15) is 12.6 Å². The van der Waals surface area contributed by atoms with Gasteiger partial charge in [-0.25, -0.2) is 0 Å². The second-order valence-corrected chi connectivity index (χ2v) is 5.15. The lowest BCUT2D eigenvalue weighted by Crippen LogP contribution is -2.30. The van der Waals surface area contributed by atoms with Crippen LogP contribution >= 0.6 is 12.6 Å². The zero-order valence-electron chi connectivity index (χ0n) is 13.3. The molecule has 3 N–H and O–H groups in total. The van der Waals surface area contributed by atoms with Crippen LogP contribution in [0.4, 0.5) is 0 Å². The van der Waals surface area contributed by atoms with Gasteiger partial charge >= 0.3 is 0 Å². The van der Waals surface area contributed by atoms with E-state index in [9.17, 15) is 4.79 Å². The molecular weight excluding hydrogens is 290 g/mol. The molecule has 0 aliphatic carbocycles. The van der Waals surface area contributed by atoms with E-state index in [1.807, 2.05) is 14.1 Å². The van der Waals surface area contributed by atoms with Crippen LogP contribution < -0.4 is 16.0 Å². The third-order valence-corrected chi connectivity index (χ3v) is 3.47. The molecule has 0 rings (SSSR count). The predicted octanol–water partition coefficient (Wildman–Crippen LogP) is 0.0433. The first-order valence-corrected chi connectivity index (χ1v) is 8.22. The molecule has 6 nitrogen and oxygen atoms in total. The van der Waals surface area contributed by atoms with E-state index in [2.05, 4.69) is 28.6 Å². The number of hydrogen-bond acceptors (Lipinski definition) is 6. The number of ether oxygens (including phenoxy) is 2. The number of unbranched alkanes of at least 4 members (excludes halogenated alkanes) is 1. The first kappa shape index (κ1) is 20.7. The number of amides is 1. The third kappa shape index (κ3) is 14.4. The Labute approximate surface area is 134 Å². The van der Waals surface area contributed by atoms with E-state index in [1.165, 1.54) is 0 Å². The largest absolute Gasteiger partial charge is 0.378 e. The molecule has 0 bridgehead atoms. The average molecular weight is 321 g/mol. The van der Waals surface area contributed by atoms with E-state index in [0.717, 1.165) is 31.6 Å². The number of carbonyl (C=O) groups excluding carboxylic acids is 1. The van der Waals surface area contributed by atoms with Crippen molar-refractivity contribution in [3.8, 4) is 0 Å². The standard InChI is InChI=1S/C14H31N3O3S/c1-15-7-8-19-9-10-20-11-14(18)17-6-4-3-5-13(12-21)16-2/h13,15-16,21H,3-12H2,1-2H3,(H,17,18). The summed E-state index contributed by atoms with van der Waals surface area (Å²) >= 11 is 4.27. The maximum absolute atomic E-state index is 11.5. The topological polar surface area (TPSA) is 71.6 Å². The monoisotopic (exact) mass is 321 g/mol. The van der Waals surface area contributed by atoms with Crippen LogP contribution in [0.2, 0.25) is 0 Å². The van der Waals surface area contributed by atoms with E-state index < -0.39 is 0 Å². The molecule has 0 fully saturated rings. The summed E-state index contributed by atoms with van der Waals surface area (Å²) in [5, 5.41) is 9.04. The minimum absolute atomic E-state index is 0.0652. The summed E-state index contributed by atoms with van der Waals surface area (Å²) in [5.74, 6) is 0.775. The third-order valence-electron chi connectivity index (χ3n) is 3.03. The zero-order valence-corrected chi connectivity index (χ0v) is 14.2. The second kappa shape index (κ2) is 16.0. The van der Waals surface area contributed by atoms with Gasteiger partial charge in [0.1, 0.15) is 6.61 Å². The van der Waals surface area contributed by atoms with Crippen LogP contribution in [0.25, 0.3) is 0 Å². The SMILES string of the molecule is CNCCOCCOCC(=O)NCCCCC(CS)NC. The highest BCUT2D eigenvalue weighted by atomic mass is 32.1. The van der Waals surface area contributed by atoms with Gasteiger partial charge in [0.25, 0.3) is 0 Å². The van der Waals surface area contributed by atoms with Crippen molar-refractivity contribution in [3.63, 3.8) is 0 Å². The van der Waals surface area contributed by atoms with Gasteiger partial charge in [-0.1, -0.05) is 6.42 Å². The molecule has 7 heteroatoms. The van der Waals surface area contributed by atoms with Crippen molar-refractivity contribution in [3.05, 3.63) is 0 Å². The lowest BCUT2D eigenvalue weighted by Gasteiger charge is -2.12. The molecule has 0 saturated carbocycles. The molecule has 0 aliphatic rings. The molecule has 0 aromatic rings. The molecule has 21 heavy (non-hydrogen) atoms. The summed E-state index contributed by atoms with van der Waals surface area (Å²) in [6.45, 7) is 3.25. The van der Waals surface area contributed by atoms with Crippen molar-refractivity contribution >= 4 is 18.5 Å². The highest BCUT2D eigenvalue weighted by Gasteiger charge is 2.03. The number of carbonyl (C=O) groups is 1. The molecule has 0 spiro atoms. The maximum Gasteiger partial charge on any atom is 0.245 e. The van der Waals surface area contributed by atoms with Gasteiger partial charge in [-0.15, -0.1) is 0 Å². The number of likely N-dealkylation sites (N-methyl/N-ethyl adjacent to an activating group) is 1. The van der Waals surface area contributed by atoms with Gasteiger partial charge in [0.05, 0.1) is 19.8 Å². The summed E-state index contributed by atoms with van der Waals surface area (Å²) in [4.78, 5) is 11.5. The quantitative estimate of drug-likeness (QED) is 0.253. The Morgan fingerprint density at radius 1 is 1.10 bits per heavy atom. The van der Waals surface area contributed by atoms with Crippen LogP contribution in [0.1, 0.15) is 19.3 Å². The van der Waals surface area contributed by atoms with Gasteiger partial charge in [0.15, 0.2) is 0 Å². The van der Waals surface area contributed by atoms with Gasteiger partial charge in [0.2, 0.25) is 5.91 Å². The van der Waals surface area contributed by atoms with Crippen LogP contribution in [0.15, 0.2) is 0 Å². The Hall–Kier alpha value is -0.340. The fourth-order valence-electron chi connectivity index (χ4n) is 1.68. The molecule has 126 valence electrons.